The zero-order chi connectivity index (χ0) is 17.1. The van der Waals surface area contributed by atoms with Crippen LogP contribution in [0.25, 0.3) is 0 Å². The molecule has 5 nitrogen and oxygen atoms in total. The number of hydrogen-bond donors (Lipinski definition) is 1. The summed E-state index contributed by atoms with van der Waals surface area (Å²) in [5.74, 6) is 0.163. The largest absolute Gasteiger partial charge is 0.465 e. The quantitative estimate of drug-likeness (QED) is 0.868. The zero-order valence-corrected chi connectivity index (χ0v) is 14.4. The molecular formula is C19H24N2O3. The maximum absolute atomic E-state index is 13.2. The van der Waals surface area contributed by atoms with Gasteiger partial charge in [0.1, 0.15) is 5.41 Å². The fourth-order valence-electron chi connectivity index (χ4n) is 5.54. The standard InChI is InChI=1S/C19H24N2O3/c1-4-24-16(22)19-14(12-8-6-5-7-9-12)20-17(23)21-11-10-13(15(19)21)18(19,2)3/h5-9,13-15H,4,10-11H2,1-3H3,(H,20,23)/t13-,14+,15+,19+/m1/s1. The molecule has 1 N–H and O–H groups in total. The Kier molecular flexibility index (Phi) is 3.21. The molecule has 1 aromatic rings. The van der Waals surface area contributed by atoms with Gasteiger partial charge in [0.15, 0.2) is 0 Å². The predicted octanol–water partition coefficient (Wildman–Crippen LogP) is 2.73. The summed E-state index contributed by atoms with van der Waals surface area (Å²) in [5.41, 5.74) is 0.00347. The van der Waals surface area contributed by atoms with E-state index < -0.39 is 5.41 Å². The molecule has 0 unspecified atom stereocenters. The molecule has 128 valence electrons. The van der Waals surface area contributed by atoms with Gasteiger partial charge >= 0.3 is 12.0 Å². The van der Waals surface area contributed by atoms with Crippen molar-refractivity contribution < 1.29 is 14.3 Å². The lowest BCUT2D eigenvalue weighted by Gasteiger charge is -2.68. The average molecular weight is 328 g/mol. The van der Waals surface area contributed by atoms with Gasteiger partial charge in [0, 0.05) is 6.54 Å². The Balaban J connectivity index is 1.89. The lowest BCUT2D eigenvalue weighted by molar-refractivity contribution is -0.221. The fraction of sp³-hybridized carbons (Fsp3) is 0.579. The summed E-state index contributed by atoms with van der Waals surface area (Å²) in [5, 5.41) is 3.11. The lowest BCUT2D eigenvalue weighted by atomic mass is 9.39. The van der Waals surface area contributed by atoms with E-state index in [9.17, 15) is 9.59 Å². The summed E-state index contributed by atoms with van der Waals surface area (Å²) < 4.78 is 5.54. The van der Waals surface area contributed by atoms with Gasteiger partial charge in [-0.05, 0) is 30.2 Å². The molecule has 0 radical (unpaired) electrons. The number of carbonyl (C=O) groups excluding carboxylic acids is 2. The molecule has 1 aromatic carbocycles. The van der Waals surface area contributed by atoms with E-state index in [1.54, 1.807) is 0 Å². The minimum atomic E-state index is -0.737. The number of ether oxygens (including phenoxy) is 1. The summed E-state index contributed by atoms with van der Waals surface area (Å²) in [4.78, 5) is 27.7. The first-order valence-corrected chi connectivity index (χ1v) is 8.75. The first-order chi connectivity index (χ1) is 11.5. The van der Waals surface area contributed by atoms with Crippen molar-refractivity contribution >= 4 is 12.0 Å². The van der Waals surface area contributed by atoms with Crippen LogP contribution in [0.4, 0.5) is 4.79 Å². The Bertz CT molecular complexity index is 687. The molecule has 2 heterocycles. The summed E-state index contributed by atoms with van der Waals surface area (Å²) >= 11 is 0. The van der Waals surface area contributed by atoms with Crippen LogP contribution in [0.3, 0.4) is 0 Å². The van der Waals surface area contributed by atoms with Crippen molar-refractivity contribution in [1.29, 1.82) is 0 Å². The Morgan fingerprint density at radius 3 is 2.71 bits per heavy atom. The summed E-state index contributed by atoms with van der Waals surface area (Å²) in [7, 11) is 0. The third-order valence-electron chi connectivity index (χ3n) is 6.59. The van der Waals surface area contributed by atoms with Gasteiger partial charge in [-0.1, -0.05) is 44.2 Å². The maximum Gasteiger partial charge on any atom is 0.318 e. The van der Waals surface area contributed by atoms with Crippen molar-refractivity contribution in [2.75, 3.05) is 13.2 Å². The topological polar surface area (TPSA) is 58.6 Å². The molecule has 1 aliphatic carbocycles. The smallest absolute Gasteiger partial charge is 0.318 e. The molecule has 3 fully saturated rings. The van der Waals surface area contributed by atoms with Crippen LogP contribution in [-0.2, 0) is 9.53 Å². The summed E-state index contributed by atoms with van der Waals surface area (Å²) in [6.07, 6.45) is 0.952. The minimum Gasteiger partial charge on any atom is -0.465 e. The maximum atomic E-state index is 13.2. The van der Waals surface area contributed by atoms with Crippen LogP contribution in [0.1, 0.15) is 38.8 Å². The van der Waals surface area contributed by atoms with Crippen LogP contribution < -0.4 is 5.32 Å². The second-order valence-electron chi connectivity index (χ2n) is 7.64. The van der Waals surface area contributed by atoms with Gasteiger partial charge in [-0.25, -0.2) is 4.79 Å². The molecule has 0 spiro atoms. The molecule has 24 heavy (non-hydrogen) atoms. The highest BCUT2D eigenvalue weighted by Gasteiger charge is 2.80. The fourth-order valence-corrected chi connectivity index (χ4v) is 5.54. The van der Waals surface area contributed by atoms with E-state index in [2.05, 4.69) is 19.2 Å². The molecular weight excluding hydrogens is 304 g/mol. The predicted molar refractivity (Wildman–Crippen MR) is 89.2 cm³/mol. The second-order valence-corrected chi connectivity index (χ2v) is 7.64. The van der Waals surface area contributed by atoms with Crippen LogP contribution in [0, 0.1) is 16.7 Å². The summed E-state index contributed by atoms with van der Waals surface area (Å²) in [6, 6.07) is 9.34. The van der Waals surface area contributed by atoms with E-state index in [1.807, 2.05) is 42.2 Å². The van der Waals surface area contributed by atoms with E-state index in [4.69, 9.17) is 4.74 Å². The van der Waals surface area contributed by atoms with Gasteiger partial charge in [-0.3, -0.25) is 4.79 Å². The first kappa shape index (κ1) is 15.5. The van der Waals surface area contributed by atoms with Crippen LogP contribution in [0.2, 0.25) is 0 Å². The highest BCUT2D eigenvalue weighted by atomic mass is 16.5. The van der Waals surface area contributed by atoms with E-state index in [-0.39, 0.29) is 29.5 Å². The van der Waals surface area contributed by atoms with E-state index >= 15 is 0 Å². The normalized spacial score (nSPS) is 35.7. The number of rotatable bonds is 3. The number of carbonyl (C=O) groups is 2. The van der Waals surface area contributed by atoms with Crippen molar-refractivity contribution in [2.45, 2.75) is 39.3 Å². The molecule has 2 saturated heterocycles. The van der Waals surface area contributed by atoms with Gasteiger partial charge in [-0.2, -0.15) is 0 Å². The highest BCUT2D eigenvalue weighted by Crippen LogP contribution is 2.71. The van der Waals surface area contributed by atoms with Gasteiger partial charge in [-0.15, -0.1) is 0 Å². The van der Waals surface area contributed by atoms with Crippen molar-refractivity contribution in [3.05, 3.63) is 35.9 Å². The van der Waals surface area contributed by atoms with Crippen LogP contribution in [0.5, 0.6) is 0 Å². The number of hydrogen-bond acceptors (Lipinski definition) is 3. The van der Waals surface area contributed by atoms with E-state index in [1.165, 1.54) is 0 Å². The molecule has 2 amide bonds. The third kappa shape index (κ3) is 1.60. The SMILES string of the molecule is CCOC(=O)[C@@]12[C@@H]3[C@@H](CCN3C(=O)N[C@H]1c1ccccc1)C2(C)C. The average Bonchev–Trinajstić information content (AvgIpc) is 3.00. The Morgan fingerprint density at radius 2 is 2.04 bits per heavy atom. The van der Waals surface area contributed by atoms with E-state index in [0.29, 0.717) is 19.1 Å². The van der Waals surface area contributed by atoms with Crippen molar-refractivity contribution in [2.24, 2.45) is 16.7 Å². The number of urea groups is 1. The molecule has 4 rings (SSSR count). The van der Waals surface area contributed by atoms with Crippen molar-refractivity contribution in [3.8, 4) is 0 Å². The minimum absolute atomic E-state index is 0.0632. The Labute approximate surface area is 142 Å². The first-order valence-electron chi connectivity index (χ1n) is 8.75. The van der Waals surface area contributed by atoms with Gasteiger partial charge in [0.2, 0.25) is 0 Å². The molecule has 0 aromatic heterocycles. The van der Waals surface area contributed by atoms with Gasteiger partial charge < -0.3 is 15.0 Å². The van der Waals surface area contributed by atoms with Crippen molar-refractivity contribution in [3.63, 3.8) is 0 Å². The number of amides is 2. The lowest BCUT2D eigenvalue weighted by Crippen LogP contribution is -2.79. The monoisotopic (exact) mass is 328 g/mol. The molecule has 1 saturated carbocycles. The Morgan fingerprint density at radius 1 is 1.33 bits per heavy atom. The zero-order valence-electron chi connectivity index (χ0n) is 14.4. The number of nitrogens with zero attached hydrogens (tertiary/aromatic N) is 1. The van der Waals surface area contributed by atoms with Crippen LogP contribution in [0.15, 0.2) is 30.3 Å². The molecule has 4 atom stereocenters. The van der Waals surface area contributed by atoms with Crippen LogP contribution in [-0.4, -0.2) is 36.1 Å². The Hall–Kier alpha value is -2.04. The second kappa shape index (κ2) is 4.98. The molecule has 2 aliphatic heterocycles. The van der Waals surface area contributed by atoms with Gasteiger partial charge in [0.25, 0.3) is 0 Å². The van der Waals surface area contributed by atoms with Gasteiger partial charge in [0.05, 0.1) is 18.7 Å². The highest BCUT2D eigenvalue weighted by molar-refractivity contribution is 5.88. The third-order valence-corrected chi connectivity index (χ3v) is 6.59. The number of benzene rings is 1. The van der Waals surface area contributed by atoms with Crippen molar-refractivity contribution in [1.82, 2.24) is 10.2 Å². The molecule has 3 aliphatic rings. The number of esters is 1. The van der Waals surface area contributed by atoms with E-state index in [0.717, 1.165) is 12.0 Å². The number of nitrogens with one attached hydrogen (secondary N) is 1. The molecule has 0 bridgehead atoms. The summed E-state index contributed by atoms with van der Waals surface area (Å²) in [6.45, 7) is 7.21. The van der Waals surface area contributed by atoms with Crippen LogP contribution >= 0.6 is 0 Å². The molecule has 5 heteroatoms.